The van der Waals surface area contributed by atoms with E-state index in [4.69, 9.17) is 5.73 Å². The van der Waals surface area contributed by atoms with Crippen LogP contribution in [0.3, 0.4) is 0 Å². The number of aromatic nitrogens is 3. The lowest BCUT2D eigenvalue weighted by Gasteiger charge is -2.06. The SMILES string of the molecule is Nc1cccc(Nc2nccc(Sc3ccccn3)n2)c1. The van der Waals surface area contributed by atoms with Gasteiger partial charge in [-0.1, -0.05) is 12.1 Å². The molecule has 0 aliphatic rings. The fourth-order valence-corrected chi connectivity index (χ4v) is 2.45. The molecule has 0 amide bonds. The molecule has 3 rings (SSSR count). The van der Waals surface area contributed by atoms with Crippen molar-refractivity contribution >= 4 is 29.1 Å². The number of nitrogens with one attached hydrogen (secondary N) is 1. The molecule has 3 aromatic rings. The van der Waals surface area contributed by atoms with Gasteiger partial charge in [-0.3, -0.25) is 0 Å². The zero-order valence-electron chi connectivity index (χ0n) is 11.1. The molecule has 0 atom stereocenters. The van der Waals surface area contributed by atoms with Crippen molar-refractivity contribution in [2.45, 2.75) is 10.1 Å². The molecule has 1 aromatic carbocycles. The number of hydrogen-bond donors (Lipinski definition) is 2. The Labute approximate surface area is 126 Å². The molecule has 0 aliphatic heterocycles. The summed E-state index contributed by atoms with van der Waals surface area (Å²) in [6.07, 6.45) is 3.47. The summed E-state index contributed by atoms with van der Waals surface area (Å²) < 4.78 is 0. The van der Waals surface area contributed by atoms with Crippen LogP contribution < -0.4 is 11.1 Å². The summed E-state index contributed by atoms with van der Waals surface area (Å²) in [5.41, 5.74) is 7.30. The summed E-state index contributed by atoms with van der Waals surface area (Å²) in [6.45, 7) is 0. The minimum atomic E-state index is 0.529. The second-order valence-corrected chi connectivity index (χ2v) is 5.28. The fraction of sp³-hybridized carbons (Fsp3) is 0. The first kappa shape index (κ1) is 13.4. The molecule has 0 fully saturated rings. The van der Waals surface area contributed by atoms with E-state index in [0.29, 0.717) is 11.6 Å². The lowest BCUT2D eigenvalue weighted by atomic mass is 10.3. The number of nitrogen functional groups attached to an aromatic ring is 1. The standard InChI is InChI=1S/C15H13N5S/c16-11-4-3-5-12(10-11)19-15-18-9-7-14(20-15)21-13-6-1-2-8-17-13/h1-10H,16H2,(H,18,19,20). The molecule has 2 aromatic heterocycles. The Morgan fingerprint density at radius 2 is 1.86 bits per heavy atom. The number of hydrogen-bond acceptors (Lipinski definition) is 6. The average molecular weight is 295 g/mol. The molecule has 21 heavy (non-hydrogen) atoms. The summed E-state index contributed by atoms with van der Waals surface area (Å²) in [5, 5.41) is 4.86. The van der Waals surface area contributed by atoms with Crippen LogP contribution in [0.2, 0.25) is 0 Å². The van der Waals surface area contributed by atoms with Crippen LogP contribution in [-0.4, -0.2) is 15.0 Å². The quantitative estimate of drug-likeness (QED) is 0.568. The van der Waals surface area contributed by atoms with E-state index in [0.717, 1.165) is 15.7 Å². The second kappa shape index (κ2) is 6.23. The van der Waals surface area contributed by atoms with Crippen LogP contribution in [0.1, 0.15) is 0 Å². The highest BCUT2D eigenvalue weighted by atomic mass is 32.2. The predicted molar refractivity (Wildman–Crippen MR) is 84.5 cm³/mol. The minimum Gasteiger partial charge on any atom is -0.399 e. The topological polar surface area (TPSA) is 76.7 Å². The van der Waals surface area contributed by atoms with Crippen LogP contribution in [0.4, 0.5) is 17.3 Å². The van der Waals surface area contributed by atoms with Gasteiger partial charge in [-0.15, -0.1) is 0 Å². The van der Waals surface area contributed by atoms with Crippen LogP contribution in [0.5, 0.6) is 0 Å². The lowest BCUT2D eigenvalue weighted by molar-refractivity contribution is 1.04. The first-order valence-electron chi connectivity index (χ1n) is 6.34. The number of nitrogens with two attached hydrogens (primary N) is 1. The molecular formula is C15H13N5S. The second-order valence-electron chi connectivity index (χ2n) is 4.24. The highest BCUT2D eigenvalue weighted by molar-refractivity contribution is 7.99. The molecule has 2 heterocycles. The van der Waals surface area contributed by atoms with E-state index < -0.39 is 0 Å². The number of anilines is 3. The molecular weight excluding hydrogens is 282 g/mol. The maximum atomic E-state index is 5.75. The molecule has 0 aliphatic carbocycles. The highest BCUT2D eigenvalue weighted by Crippen LogP contribution is 2.24. The van der Waals surface area contributed by atoms with E-state index in [1.54, 1.807) is 12.4 Å². The molecule has 104 valence electrons. The fourth-order valence-electron chi connectivity index (χ4n) is 1.72. The van der Waals surface area contributed by atoms with E-state index in [9.17, 15) is 0 Å². The van der Waals surface area contributed by atoms with Crippen molar-refractivity contribution < 1.29 is 0 Å². The van der Waals surface area contributed by atoms with E-state index in [-0.39, 0.29) is 0 Å². The van der Waals surface area contributed by atoms with Crippen molar-refractivity contribution in [1.29, 1.82) is 0 Å². The minimum absolute atomic E-state index is 0.529. The third kappa shape index (κ3) is 3.70. The predicted octanol–water partition coefficient (Wildman–Crippen LogP) is 3.35. The van der Waals surface area contributed by atoms with Crippen LogP contribution in [0.25, 0.3) is 0 Å². The first-order chi connectivity index (χ1) is 10.3. The number of benzene rings is 1. The van der Waals surface area contributed by atoms with Crippen molar-refractivity contribution in [2.75, 3.05) is 11.1 Å². The number of nitrogens with zero attached hydrogens (tertiary/aromatic N) is 3. The van der Waals surface area contributed by atoms with E-state index in [2.05, 4.69) is 20.3 Å². The Hall–Kier alpha value is -2.60. The molecule has 0 spiro atoms. The Bertz CT molecular complexity index is 733. The van der Waals surface area contributed by atoms with E-state index in [1.165, 1.54) is 11.8 Å². The van der Waals surface area contributed by atoms with Gasteiger partial charge in [0, 0.05) is 23.8 Å². The molecule has 0 radical (unpaired) electrons. The van der Waals surface area contributed by atoms with Crippen LogP contribution in [0.15, 0.2) is 71.0 Å². The molecule has 0 saturated carbocycles. The normalized spacial score (nSPS) is 10.3. The van der Waals surface area contributed by atoms with Gasteiger partial charge in [-0.05, 0) is 48.2 Å². The smallest absolute Gasteiger partial charge is 0.228 e. The van der Waals surface area contributed by atoms with Crippen molar-refractivity contribution in [1.82, 2.24) is 15.0 Å². The third-order valence-electron chi connectivity index (χ3n) is 2.62. The molecule has 6 heteroatoms. The van der Waals surface area contributed by atoms with E-state index in [1.807, 2.05) is 48.5 Å². The third-order valence-corrected chi connectivity index (χ3v) is 3.51. The molecule has 3 N–H and O–H groups in total. The van der Waals surface area contributed by atoms with Crippen molar-refractivity contribution in [2.24, 2.45) is 0 Å². The van der Waals surface area contributed by atoms with Gasteiger partial charge in [0.15, 0.2) is 0 Å². The van der Waals surface area contributed by atoms with Crippen molar-refractivity contribution in [3.63, 3.8) is 0 Å². The molecule has 0 unspecified atom stereocenters. The lowest BCUT2D eigenvalue weighted by Crippen LogP contribution is -1.98. The Balaban J connectivity index is 1.77. The van der Waals surface area contributed by atoms with Gasteiger partial charge in [0.1, 0.15) is 10.1 Å². The van der Waals surface area contributed by atoms with Crippen molar-refractivity contribution in [3.8, 4) is 0 Å². The maximum absolute atomic E-state index is 5.75. The number of pyridine rings is 1. The Morgan fingerprint density at radius 3 is 2.67 bits per heavy atom. The van der Waals surface area contributed by atoms with Gasteiger partial charge < -0.3 is 11.1 Å². The summed E-state index contributed by atoms with van der Waals surface area (Å²) in [6, 6.07) is 15.1. The number of rotatable bonds is 4. The molecule has 5 nitrogen and oxygen atoms in total. The van der Waals surface area contributed by atoms with Gasteiger partial charge in [0.05, 0.1) is 0 Å². The Morgan fingerprint density at radius 1 is 0.905 bits per heavy atom. The maximum Gasteiger partial charge on any atom is 0.228 e. The van der Waals surface area contributed by atoms with E-state index >= 15 is 0 Å². The summed E-state index contributed by atoms with van der Waals surface area (Å²) >= 11 is 1.49. The first-order valence-corrected chi connectivity index (χ1v) is 7.16. The largest absolute Gasteiger partial charge is 0.399 e. The highest BCUT2D eigenvalue weighted by Gasteiger charge is 2.03. The monoisotopic (exact) mass is 295 g/mol. The van der Waals surface area contributed by atoms with Gasteiger partial charge >= 0.3 is 0 Å². The van der Waals surface area contributed by atoms with Gasteiger partial charge in [0.2, 0.25) is 5.95 Å². The van der Waals surface area contributed by atoms with Gasteiger partial charge in [-0.2, -0.15) is 0 Å². The van der Waals surface area contributed by atoms with Crippen LogP contribution in [0, 0.1) is 0 Å². The Kier molecular flexibility index (Phi) is 3.97. The van der Waals surface area contributed by atoms with Crippen molar-refractivity contribution in [3.05, 3.63) is 60.9 Å². The van der Waals surface area contributed by atoms with Crippen LogP contribution >= 0.6 is 11.8 Å². The summed E-state index contributed by atoms with van der Waals surface area (Å²) in [4.78, 5) is 12.9. The summed E-state index contributed by atoms with van der Waals surface area (Å²) in [7, 11) is 0. The van der Waals surface area contributed by atoms with Crippen LogP contribution in [-0.2, 0) is 0 Å². The zero-order valence-corrected chi connectivity index (χ0v) is 11.9. The molecule has 0 bridgehead atoms. The van der Waals surface area contributed by atoms with Gasteiger partial charge in [0.25, 0.3) is 0 Å². The molecule has 0 saturated heterocycles. The summed E-state index contributed by atoms with van der Waals surface area (Å²) in [5.74, 6) is 0.529. The van der Waals surface area contributed by atoms with Gasteiger partial charge in [-0.25, -0.2) is 15.0 Å². The zero-order chi connectivity index (χ0) is 14.5. The average Bonchev–Trinajstić information content (AvgIpc) is 2.49.